The van der Waals surface area contributed by atoms with Gasteiger partial charge < -0.3 is 4.74 Å². The Morgan fingerprint density at radius 3 is 2.47 bits per heavy atom. The molecule has 216 valence electrons. The lowest BCUT2D eigenvalue weighted by Gasteiger charge is -2.25. The van der Waals surface area contributed by atoms with Gasteiger partial charge in [-0.3, -0.25) is 9.36 Å². The van der Waals surface area contributed by atoms with Crippen LogP contribution in [0.5, 0.6) is 0 Å². The summed E-state index contributed by atoms with van der Waals surface area (Å²) in [6, 6.07) is 26.9. The van der Waals surface area contributed by atoms with E-state index in [1.165, 1.54) is 18.4 Å². The van der Waals surface area contributed by atoms with Gasteiger partial charge in [0.15, 0.2) is 4.80 Å². The minimum absolute atomic E-state index is 0.198. The van der Waals surface area contributed by atoms with Crippen LogP contribution in [0.15, 0.2) is 111 Å². The Hall–Kier alpha value is -3.62. The van der Waals surface area contributed by atoms with E-state index in [4.69, 9.17) is 32.9 Å². The summed E-state index contributed by atoms with van der Waals surface area (Å²) in [6.45, 7) is 1.95. The van der Waals surface area contributed by atoms with Crippen LogP contribution in [-0.2, 0) is 15.3 Å². The van der Waals surface area contributed by atoms with Crippen LogP contribution in [0.2, 0.25) is 10.0 Å². The molecule has 1 aliphatic rings. The van der Waals surface area contributed by atoms with Crippen molar-refractivity contribution < 1.29 is 9.53 Å². The molecule has 43 heavy (non-hydrogen) atoms. The quantitative estimate of drug-likeness (QED) is 0.136. The number of nitrogens with zero attached hydrogens (tertiary/aromatic N) is 2. The minimum atomic E-state index is -0.626. The van der Waals surface area contributed by atoms with Crippen molar-refractivity contribution in [1.29, 1.82) is 0 Å². The van der Waals surface area contributed by atoms with Crippen molar-refractivity contribution in [3.05, 3.63) is 143 Å². The molecule has 1 aliphatic heterocycles. The third-order valence-corrected chi connectivity index (χ3v) is 10.2. The molecule has 6 rings (SSSR count). The Morgan fingerprint density at radius 2 is 1.74 bits per heavy atom. The molecule has 0 aliphatic carbocycles. The molecule has 0 spiro atoms. The molecule has 2 heterocycles. The average molecular weight is 646 g/mol. The summed E-state index contributed by atoms with van der Waals surface area (Å²) in [5.41, 5.74) is 3.66. The van der Waals surface area contributed by atoms with E-state index in [0.29, 0.717) is 37.1 Å². The van der Waals surface area contributed by atoms with Gasteiger partial charge in [0.05, 0.1) is 39.0 Å². The SMILES string of the molecule is CCC1=C(C(=O)OC)[C@H](c2ccccc2)n2c(s/c(=C\c3ccc(SCc4ccc(Cl)c(Cl)c4)c4ccccc34)c2=O)=N1. The van der Waals surface area contributed by atoms with Crippen LogP contribution in [0.25, 0.3) is 16.8 Å². The van der Waals surface area contributed by atoms with Crippen LogP contribution >= 0.6 is 46.3 Å². The van der Waals surface area contributed by atoms with Crippen molar-refractivity contribution in [3.8, 4) is 0 Å². The van der Waals surface area contributed by atoms with Gasteiger partial charge in [-0.05, 0) is 58.2 Å². The van der Waals surface area contributed by atoms with E-state index >= 15 is 0 Å². The molecular weight excluding hydrogens is 619 g/mol. The van der Waals surface area contributed by atoms with Crippen LogP contribution in [0.4, 0.5) is 0 Å². The van der Waals surface area contributed by atoms with Gasteiger partial charge in [-0.2, -0.15) is 0 Å². The number of allylic oxidation sites excluding steroid dienone is 1. The number of rotatable bonds is 7. The minimum Gasteiger partial charge on any atom is -0.466 e. The van der Waals surface area contributed by atoms with Gasteiger partial charge in [0.1, 0.15) is 0 Å². The highest BCUT2D eigenvalue weighted by atomic mass is 35.5. The summed E-state index contributed by atoms with van der Waals surface area (Å²) >= 11 is 15.4. The first-order valence-corrected chi connectivity index (χ1v) is 16.2. The molecule has 0 unspecified atom stereocenters. The molecule has 0 saturated heterocycles. The number of thioether (sulfide) groups is 1. The third kappa shape index (κ3) is 5.70. The molecule has 4 aromatic carbocycles. The fourth-order valence-electron chi connectivity index (χ4n) is 5.29. The number of carbonyl (C=O) groups excluding carboxylic acids is 1. The molecule has 1 atom stereocenters. The van der Waals surface area contributed by atoms with Gasteiger partial charge in [0.25, 0.3) is 5.56 Å². The summed E-state index contributed by atoms with van der Waals surface area (Å²) in [5, 5.41) is 3.22. The largest absolute Gasteiger partial charge is 0.466 e. The number of hydrogen-bond donors (Lipinski definition) is 0. The Labute approximate surface area is 266 Å². The summed E-state index contributed by atoms with van der Waals surface area (Å²) in [7, 11) is 1.35. The van der Waals surface area contributed by atoms with Crippen molar-refractivity contribution in [3.63, 3.8) is 0 Å². The van der Waals surface area contributed by atoms with E-state index < -0.39 is 12.0 Å². The zero-order chi connectivity index (χ0) is 30.1. The molecule has 0 bridgehead atoms. The van der Waals surface area contributed by atoms with Crippen molar-refractivity contribution in [2.24, 2.45) is 4.99 Å². The lowest BCUT2D eigenvalue weighted by atomic mass is 9.95. The smallest absolute Gasteiger partial charge is 0.338 e. The van der Waals surface area contributed by atoms with Crippen molar-refractivity contribution in [1.82, 2.24) is 4.57 Å². The molecule has 0 amide bonds. The van der Waals surface area contributed by atoms with Gasteiger partial charge in [-0.15, -0.1) is 11.8 Å². The molecule has 0 radical (unpaired) electrons. The number of methoxy groups -OCH3 is 1. The Bertz CT molecular complexity index is 2080. The van der Waals surface area contributed by atoms with Crippen LogP contribution in [0.1, 0.15) is 36.1 Å². The number of ether oxygens (including phenoxy) is 1. The fraction of sp³-hybridized carbons (Fsp3) is 0.147. The zero-order valence-corrected chi connectivity index (χ0v) is 26.5. The number of benzene rings is 4. The summed E-state index contributed by atoms with van der Waals surface area (Å²) in [5.74, 6) is 0.254. The summed E-state index contributed by atoms with van der Waals surface area (Å²) in [6.07, 6.45) is 2.46. The van der Waals surface area contributed by atoms with Crippen molar-refractivity contribution >= 4 is 69.1 Å². The van der Waals surface area contributed by atoms with Gasteiger partial charge in [0.2, 0.25) is 0 Å². The Balaban J connectivity index is 1.45. The number of halogens is 2. The Morgan fingerprint density at radius 1 is 1.00 bits per heavy atom. The maximum Gasteiger partial charge on any atom is 0.338 e. The number of fused-ring (bicyclic) bond motifs is 2. The molecule has 1 aromatic heterocycles. The van der Waals surface area contributed by atoms with E-state index in [1.54, 1.807) is 16.3 Å². The second-order valence-electron chi connectivity index (χ2n) is 9.93. The number of thiazole rings is 1. The molecule has 9 heteroatoms. The molecule has 5 nitrogen and oxygen atoms in total. The van der Waals surface area contributed by atoms with Crippen LogP contribution in [0.3, 0.4) is 0 Å². The number of esters is 1. The highest BCUT2D eigenvalue weighted by Gasteiger charge is 2.33. The van der Waals surface area contributed by atoms with Crippen LogP contribution in [-0.4, -0.2) is 17.6 Å². The van der Waals surface area contributed by atoms with Gasteiger partial charge in [-0.1, -0.05) is 108 Å². The third-order valence-electron chi connectivity index (χ3n) is 7.35. The Kier molecular flexibility index (Phi) is 8.59. The van der Waals surface area contributed by atoms with E-state index in [2.05, 4.69) is 18.2 Å². The number of aromatic nitrogens is 1. The fourth-order valence-corrected chi connectivity index (χ4v) is 7.62. The van der Waals surface area contributed by atoms with Crippen molar-refractivity contribution in [2.45, 2.75) is 30.0 Å². The van der Waals surface area contributed by atoms with E-state index in [0.717, 1.165) is 38.1 Å². The number of carbonyl (C=O) groups is 1. The predicted octanol–water partition coefficient (Wildman–Crippen LogP) is 7.55. The van der Waals surface area contributed by atoms with E-state index in [9.17, 15) is 9.59 Å². The first-order valence-electron chi connectivity index (χ1n) is 13.7. The number of hydrogen-bond acceptors (Lipinski definition) is 6. The van der Waals surface area contributed by atoms with Crippen LogP contribution < -0.4 is 14.9 Å². The highest BCUT2D eigenvalue weighted by Crippen LogP contribution is 2.34. The maximum absolute atomic E-state index is 14.1. The molecule has 0 fully saturated rings. The zero-order valence-electron chi connectivity index (χ0n) is 23.3. The van der Waals surface area contributed by atoms with E-state index in [1.807, 2.05) is 79.7 Å². The second kappa shape index (κ2) is 12.5. The normalized spacial score (nSPS) is 15.0. The molecule has 0 saturated carbocycles. The highest BCUT2D eigenvalue weighted by molar-refractivity contribution is 7.98. The second-order valence-corrected chi connectivity index (χ2v) is 12.8. The van der Waals surface area contributed by atoms with Crippen LogP contribution in [0, 0.1) is 0 Å². The lowest BCUT2D eigenvalue weighted by molar-refractivity contribution is -0.136. The maximum atomic E-state index is 14.1. The first kappa shape index (κ1) is 29.5. The summed E-state index contributed by atoms with van der Waals surface area (Å²) in [4.78, 5) is 33.5. The van der Waals surface area contributed by atoms with Gasteiger partial charge in [0, 0.05) is 10.6 Å². The first-order chi connectivity index (χ1) is 20.9. The van der Waals surface area contributed by atoms with Gasteiger partial charge >= 0.3 is 5.97 Å². The molecular formula is C34H26Cl2N2O3S2. The van der Waals surface area contributed by atoms with Crippen molar-refractivity contribution in [2.75, 3.05) is 7.11 Å². The topological polar surface area (TPSA) is 60.7 Å². The van der Waals surface area contributed by atoms with Gasteiger partial charge in [-0.25, -0.2) is 9.79 Å². The molecule has 5 aromatic rings. The summed E-state index contributed by atoms with van der Waals surface area (Å²) < 4.78 is 7.33. The lowest BCUT2D eigenvalue weighted by Crippen LogP contribution is -2.40. The monoisotopic (exact) mass is 644 g/mol. The average Bonchev–Trinajstić information content (AvgIpc) is 3.35. The van der Waals surface area contributed by atoms with E-state index in [-0.39, 0.29) is 5.56 Å². The standard InChI is InChI=1S/C34H26Cl2N2O3S2/c1-3-27-30(33(40)41-2)31(21-9-5-4-6-10-21)38-32(39)29(43-34(38)37-27)18-22-14-16-28(24-12-8-7-11-23(22)24)42-19-20-13-15-25(35)26(36)17-20/h4-18,31H,3,19H2,1-2H3/b29-18-/t31-/m0/s1. The molecule has 0 N–H and O–H groups in total. The predicted molar refractivity (Wildman–Crippen MR) is 177 cm³/mol.